The first-order chi connectivity index (χ1) is 11.1. The van der Waals surface area contributed by atoms with Gasteiger partial charge in [-0.3, -0.25) is 4.99 Å². The highest BCUT2D eigenvalue weighted by molar-refractivity contribution is 5.78. The van der Waals surface area contributed by atoms with E-state index in [-0.39, 0.29) is 0 Å². The summed E-state index contributed by atoms with van der Waals surface area (Å²) in [6.45, 7) is 0.730. The lowest BCUT2D eigenvalue weighted by atomic mass is 10.1. The van der Waals surface area contributed by atoms with Gasteiger partial charge in [0.15, 0.2) is 5.96 Å². The molecule has 128 valence electrons. The molecule has 4 nitrogen and oxygen atoms in total. The Balaban J connectivity index is 1.86. The third kappa shape index (κ3) is 6.61. The van der Waals surface area contributed by atoms with E-state index in [1.807, 2.05) is 0 Å². The van der Waals surface area contributed by atoms with Gasteiger partial charge in [0.1, 0.15) is 0 Å². The van der Waals surface area contributed by atoms with Crippen LogP contribution < -0.4 is 11.1 Å². The van der Waals surface area contributed by atoms with Gasteiger partial charge in [0.05, 0.1) is 6.54 Å². The molecule has 1 aromatic carbocycles. The molecule has 0 radical (unpaired) electrons. The molecular weight excluding hydrogens is 284 g/mol. The Kier molecular flexibility index (Phi) is 7.40. The first kappa shape index (κ1) is 17.8. The number of benzene rings is 1. The molecule has 1 aliphatic carbocycles. The third-order valence-corrected chi connectivity index (χ3v) is 4.72. The Morgan fingerprint density at radius 1 is 1.17 bits per heavy atom. The molecule has 1 saturated carbocycles. The first-order valence-electron chi connectivity index (χ1n) is 8.92. The van der Waals surface area contributed by atoms with E-state index in [0.717, 1.165) is 13.0 Å². The molecule has 1 fully saturated rings. The maximum atomic E-state index is 6.12. The van der Waals surface area contributed by atoms with Crippen LogP contribution >= 0.6 is 0 Å². The minimum absolute atomic E-state index is 0.367. The normalized spacial score (nSPS) is 18.7. The summed E-state index contributed by atoms with van der Waals surface area (Å²) in [6.07, 6.45) is 8.76. The van der Waals surface area contributed by atoms with Crippen LogP contribution in [0.4, 0.5) is 0 Å². The highest BCUT2D eigenvalue weighted by Crippen LogP contribution is 2.17. The number of guanidine groups is 1. The number of hydrogen-bond donors (Lipinski definition) is 2. The van der Waals surface area contributed by atoms with Crippen LogP contribution in [0.15, 0.2) is 35.3 Å². The zero-order chi connectivity index (χ0) is 16.5. The lowest BCUT2D eigenvalue weighted by Crippen LogP contribution is -2.41. The van der Waals surface area contributed by atoms with Crippen LogP contribution in [0.1, 0.15) is 44.1 Å². The van der Waals surface area contributed by atoms with E-state index >= 15 is 0 Å². The molecule has 1 unspecified atom stereocenters. The minimum Gasteiger partial charge on any atom is -0.370 e. The monoisotopic (exact) mass is 316 g/mol. The SMILES string of the molecule is CN(C)C(CN=C(N)NC1CCCCCC1)Cc1ccccc1. The number of nitrogens with one attached hydrogen (secondary N) is 1. The summed E-state index contributed by atoms with van der Waals surface area (Å²) in [6, 6.07) is 11.5. The smallest absolute Gasteiger partial charge is 0.188 e. The zero-order valence-corrected chi connectivity index (χ0v) is 14.7. The lowest BCUT2D eigenvalue weighted by Gasteiger charge is -2.23. The van der Waals surface area contributed by atoms with Crippen molar-refractivity contribution in [3.05, 3.63) is 35.9 Å². The summed E-state index contributed by atoms with van der Waals surface area (Å²) in [4.78, 5) is 6.84. The van der Waals surface area contributed by atoms with Crippen LogP contribution in [-0.4, -0.2) is 43.6 Å². The summed E-state index contributed by atoms with van der Waals surface area (Å²) in [5.41, 5.74) is 7.46. The van der Waals surface area contributed by atoms with E-state index in [2.05, 4.69) is 59.6 Å². The summed E-state index contributed by atoms with van der Waals surface area (Å²) >= 11 is 0. The number of rotatable bonds is 6. The van der Waals surface area contributed by atoms with E-state index < -0.39 is 0 Å². The minimum atomic E-state index is 0.367. The van der Waals surface area contributed by atoms with Gasteiger partial charge >= 0.3 is 0 Å². The Hall–Kier alpha value is -1.55. The van der Waals surface area contributed by atoms with Crippen molar-refractivity contribution < 1.29 is 0 Å². The van der Waals surface area contributed by atoms with Crippen molar-refractivity contribution in [1.82, 2.24) is 10.2 Å². The van der Waals surface area contributed by atoms with E-state index in [0.29, 0.717) is 18.0 Å². The molecule has 0 amide bonds. The Bertz CT molecular complexity index is 462. The molecule has 0 bridgehead atoms. The van der Waals surface area contributed by atoms with Gasteiger partial charge < -0.3 is 16.0 Å². The molecule has 1 aromatic rings. The van der Waals surface area contributed by atoms with Crippen molar-refractivity contribution in [1.29, 1.82) is 0 Å². The maximum Gasteiger partial charge on any atom is 0.188 e. The van der Waals surface area contributed by atoms with Crippen molar-refractivity contribution in [3.8, 4) is 0 Å². The summed E-state index contributed by atoms with van der Waals surface area (Å²) in [5, 5.41) is 3.43. The second-order valence-electron chi connectivity index (χ2n) is 6.87. The van der Waals surface area contributed by atoms with Gasteiger partial charge in [0.2, 0.25) is 0 Å². The van der Waals surface area contributed by atoms with Gasteiger partial charge in [-0.2, -0.15) is 0 Å². The van der Waals surface area contributed by atoms with Crippen molar-refractivity contribution >= 4 is 5.96 Å². The average molecular weight is 316 g/mol. The molecule has 0 aliphatic heterocycles. The number of likely N-dealkylation sites (N-methyl/N-ethyl adjacent to an activating group) is 1. The third-order valence-electron chi connectivity index (χ3n) is 4.72. The second-order valence-corrected chi connectivity index (χ2v) is 6.87. The molecule has 2 rings (SSSR count). The van der Waals surface area contributed by atoms with Crippen LogP contribution in [0.2, 0.25) is 0 Å². The topological polar surface area (TPSA) is 53.6 Å². The van der Waals surface area contributed by atoms with Crippen LogP contribution in [0.3, 0.4) is 0 Å². The molecule has 0 spiro atoms. The predicted molar refractivity (Wildman–Crippen MR) is 98.7 cm³/mol. The molecule has 1 atom stereocenters. The fourth-order valence-corrected chi connectivity index (χ4v) is 3.18. The lowest BCUT2D eigenvalue weighted by molar-refractivity contribution is 0.298. The standard InChI is InChI=1S/C19H32N4/c1-23(2)18(14-16-10-6-5-7-11-16)15-21-19(20)22-17-12-8-3-4-9-13-17/h5-7,10-11,17-18H,3-4,8-9,12-15H2,1-2H3,(H3,20,21,22). The van der Waals surface area contributed by atoms with E-state index in [9.17, 15) is 0 Å². The number of nitrogens with zero attached hydrogens (tertiary/aromatic N) is 2. The summed E-state index contributed by atoms with van der Waals surface area (Å²) in [7, 11) is 4.22. The van der Waals surface area contributed by atoms with E-state index in [1.54, 1.807) is 0 Å². The number of aliphatic imine (C=N–C) groups is 1. The molecule has 0 aromatic heterocycles. The summed E-state index contributed by atoms with van der Waals surface area (Å²) < 4.78 is 0. The van der Waals surface area contributed by atoms with Crippen LogP contribution in [-0.2, 0) is 6.42 Å². The Morgan fingerprint density at radius 3 is 2.43 bits per heavy atom. The van der Waals surface area contributed by atoms with Gasteiger partial charge in [-0.1, -0.05) is 56.0 Å². The summed E-state index contributed by atoms with van der Waals surface area (Å²) in [5.74, 6) is 0.608. The second kappa shape index (κ2) is 9.56. The first-order valence-corrected chi connectivity index (χ1v) is 8.92. The highest BCUT2D eigenvalue weighted by Gasteiger charge is 2.14. The highest BCUT2D eigenvalue weighted by atomic mass is 15.2. The zero-order valence-electron chi connectivity index (χ0n) is 14.7. The van der Waals surface area contributed by atoms with Crippen molar-refractivity contribution in [3.63, 3.8) is 0 Å². The van der Waals surface area contributed by atoms with Gasteiger partial charge in [-0.25, -0.2) is 0 Å². The Morgan fingerprint density at radius 2 is 1.83 bits per heavy atom. The largest absolute Gasteiger partial charge is 0.370 e. The van der Waals surface area contributed by atoms with Crippen molar-refractivity contribution in [2.45, 2.75) is 57.0 Å². The Labute approximate surface area is 141 Å². The van der Waals surface area contributed by atoms with E-state index in [1.165, 1.54) is 44.1 Å². The molecule has 1 aliphatic rings. The quantitative estimate of drug-likeness (QED) is 0.482. The van der Waals surface area contributed by atoms with Gasteiger partial charge in [-0.05, 0) is 38.9 Å². The van der Waals surface area contributed by atoms with Gasteiger partial charge in [0, 0.05) is 12.1 Å². The fraction of sp³-hybridized carbons (Fsp3) is 0.632. The van der Waals surface area contributed by atoms with Gasteiger partial charge in [0.25, 0.3) is 0 Å². The predicted octanol–water partition coefficient (Wildman–Crippen LogP) is 2.79. The van der Waals surface area contributed by atoms with Crippen molar-refractivity contribution in [2.24, 2.45) is 10.7 Å². The van der Waals surface area contributed by atoms with Crippen molar-refractivity contribution in [2.75, 3.05) is 20.6 Å². The number of hydrogen-bond acceptors (Lipinski definition) is 2. The molecule has 4 heteroatoms. The van der Waals surface area contributed by atoms with Crippen LogP contribution in [0, 0.1) is 0 Å². The average Bonchev–Trinajstić information content (AvgIpc) is 2.80. The molecular formula is C19H32N4. The number of nitrogens with two attached hydrogens (primary N) is 1. The molecule has 3 N–H and O–H groups in total. The van der Waals surface area contributed by atoms with Crippen LogP contribution in [0.25, 0.3) is 0 Å². The molecule has 0 heterocycles. The maximum absolute atomic E-state index is 6.12. The molecule has 23 heavy (non-hydrogen) atoms. The fourth-order valence-electron chi connectivity index (χ4n) is 3.18. The molecule has 0 saturated heterocycles. The van der Waals surface area contributed by atoms with Crippen LogP contribution in [0.5, 0.6) is 0 Å². The van der Waals surface area contributed by atoms with Gasteiger partial charge in [-0.15, -0.1) is 0 Å². The van der Waals surface area contributed by atoms with E-state index in [4.69, 9.17) is 5.73 Å².